The number of nitrogens with zero attached hydrogens (tertiary/aromatic N) is 1. The van der Waals surface area contributed by atoms with Gasteiger partial charge in [-0.05, 0) is 53.2 Å². The van der Waals surface area contributed by atoms with Crippen LogP contribution in [0.4, 0.5) is 5.69 Å². The molecule has 74 valence electrons. The van der Waals surface area contributed by atoms with Crippen molar-refractivity contribution in [3.63, 3.8) is 0 Å². The Morgan fingerprint density at radius 1 is 1.29 bits per heavy atom. The third kappa shape index (κ3) is 1.36. The van der Waals surface area contributed by atoms with Gasteiger partial charge in [0.2, 0.25) is 0 Å². The maximum atomic E-state index is 3.68. The van der Waals surface area contributed by atoms with E-state index in [0.29, 0.717) is 0 Å². The quantitative estimate of drug-likeness (QED) is 0.740. The average Bonchev–Trinajstić information content (AvgIpc) is 3.01. The van der Waals surface area contributed by atoms with E-state index in [0.717, 1.165) is 6.04 Å². The van der Waals surface area contributed by atoms with Crippen LogP contribution in [-0.4, -0.2) is 12.6 Å². The molecule has 2 heteroatoms. The lowest BCUT2D eigenvalue weighted by Gasteiger charge is -2.32. The normalized spacial score (nSPS) is 20.8. The van der Waals surface area contributed by atoms with Crippen molar-refractivity contribution in [2.75, 3.05) is 11.4 Å². The van der Waals surface area contributed by atoms with E-state index in [1.807, 2.05) is 0 Å². The summed E-state index contributed by atoms with van der Waals surface area (Å²) in [7, 11) is 0. The fraction of sp³-hybridized carbons (Fsp3) is 0.500. The van der Waals surface area contributed by atoms with Gasteiger partial charge in [0.1, 0.15) is 0 Å². The van der Waals surface area contributed by atoms with Gasteiger partial charge in [-0.2, -0.15) is 0 Å². The number of anilines is 1. The van der Waals surface area contributed by atoms with Crippen molar-refractivity contribution in [2.24, 2.45) is 0 Å². The Morgan fingerprint density at radius 3 is 2.93 bits per heavy atom. The van der Waals surface area contributed by atoms with Crippen molar-refractivity contribution < 1.29 is 0 Å². The molecule has 1 heterocycles. The van der Waals surface area contributed by atoms with Crippen molar-refractivity contribution in [3.05, 3.63) is 28.2 Å². The van der Waals surface area contributed by atoms with Crippen LogP contribution in [0.1, 0.15) is 24.8 Å². The molecule has 0 spiro atoms. The summed E-state index contributed by atoms with van der Waals surface area (Å²) in [5.74, 6) is 0. The smallest absolute Gasteiger partial charge is 0.0545 e. The molecule has 0 N–H and O–H groups in total. The number of hydrogen-bond donors (Lipinski definition) is 0. The highest BCUT2D eigenvalue weighted by atomic mass is 79.9. The molecule has 1 saturated carbocycles. The molecule has 0 saturated heterocycles. The fourth-order valence-corrected chi connectivity index (χ4v) is 3.02. The molecule has 1 aromatic rings. The summed E-state index contributed by atoms with van der Waals surface area (Å²) in [5, 5.41) is 0. The summed E-state index contributed by atoms with van der Waals surface area (Å²) in [6, 6.07) is 7.43. The van der Waals surface area contributed by atoms with Crippen LogP contribution in [0.3, 0.4) is 0 Å². The number of rotatable bonds is 1. The van der Waals surface area contributed by atoms with E-state index >= 15 is 0 Å². The van der Waals surface area contributed by atoms with Gasteiger partial charge in [-0.15, -0.1) is 0 Å². The predicted octanol–water partition coefficient (Wildman–Crippen LogP) is 3.36. The lowest BCUT2D eigenvalue weighted by Crippen LogP contribution is -2.31. The first-order valence-electron chi connectivity index (χ1n) is 5.40. The zero-order valence-electron chi connectivity index (χ0n) is 8.17. The Morgan fingerprint density at radius 2 is 2.14 bits per heavy atom. The van der Waals surface area contributed by atoms with Crippen molar-refractivity contribution in [3.8, 4) is 0 Å². The summed E-state index contributed by atoms with van der Waals surface area (Å²) in [6.07, 6.45) is 5.35. The molecule has 0 amide bonds. The zero-order chi connectivity index (χ0) is 9.54. The van der Waals surface area contributed by atoms with Gasteiger partial charge in [0.05, 0.1) is 5.69 Å². The first-order chi connectivity index (χ1) is 6.86. The minimum atomic E-state index is 0.841. The first kappa shape index (κ1) is 8.78. The number of fused-ring (bicyclic) bond motifs is 1. The van der Waals surface area contributed by atoms with Crippen LogP contribution in [0.5, 0.6) is 0 Å². The molecule has 1 aliphatic heterocycles. The number of benzene rings is 1. The summed E-state index contributed by atoms with van der Waals surface area (Å²) in [4.78, 5) is 2.60. The largest absolute Gasteiger partial charge is 0.367 e. The molecule has 0 bridgehead atoms. The maximum absolute atomic E-state index is 3.68. The van der Waals surface area contributed by atoms with Crippen LogP contribution < -0.4 is 4.90 Å². The monoisotopic (exact) mass is 251 g/mol. The summed E-state index contributed by atoms with van der Waals surface area (Å²) in [5.41, 5.74) is 3.00. The Bertz CT molecular complexity index is 357. The first-order valence-corrected chi connectivity index (χ1v) is 6.19. The lowest BCUT2D eigenvalue weighted by molar-refractivity contribution is 0.686. The molecule has 1 nitrogen and oxygen atoms in total. The van der Waals surface area contributed by atoms with E-state index in [1.54, 1.807) is 0 Å². The van der Waals surface area contributed by atoms with Gasteiger partial charge in [0, 0.05) is 17.1 Å². The van der Waals surface area contributed by atoms with Gasteiger partial charge in [-0.3, -0.25) is 0 Å². The Balaban J connectivity index is 2.07. The second-order valence-electron chi connectivity index (χ2n) is 4.28. The SMILES string of the molecule is Brc1cccc2c1N(C1CC1)CCC2. The molecular weight excluding hydrogens is 238 g/mol. The number of hydrogen-bond acceptors (Lipinski definition) is 1. The second-order valence-corrected chi connectivity index (χ2v) is 5.13. The topological polar surface area (TPSA) is 3.24 Å². The Hall–Kier alpha value is -0.500. The number of aryl methyl sites for hydroxylation is 1. The standard InChI is InChI=1S/C12H14BrN/c13-11-5-1-3-9-4-2-8-14(12(9)11)10-6-7-10/h1,3,5,10H,2,4,6-8H2. The van der Waals surface area contributed by atoms with Gasteiger partial charge in [-0.1, -0.05) is 12.1 Å². The van der Waals surface area contributed by atoms with Gasteiger partial charge in [0.25, 0.3) is 0 Å². The van der Waals surface area contributed by atoms with Crippen LogP contribution >= 0.6 is 15.9 Å². The minimum absolute atomic E-state index is 0.841. The van der Waals surface area contributed by atoms with Gasteiger partial charge in [-0.25, -0.2) is 0 Å². The van der Waals surface area contributed by atoms with Gasteiger partial charge in [0.15, 0.2) is 0 Å². The molecule has 0 radical (unpaired) electrons. The van der Waals surface area contributed by atoms with Crippen molar-refractivity contribution >= 4 is 21.6 Å². The molecule has 3 rings (SSSR count). The average molecular weight is 252 g/mol. The fourth-order valence-electron chi connectivity index (χ4n) is 2.39. The van der Waals surface area contributed by atoms with E-state index < -0.39 is 0 Å². The van der Waals surface area contributed by atoms with E-state index in [4.69, 9.17) is 0 Å². The maximum Gasteiger partial charge on any atom is 0.0545 e. The predicted molar refractivity (Wildman–Crippen MR) is 62.8 cm³/mol. The van der Waals surface area contributed by atoms with Crippen molar-refractivity contribution in [2.45, 2.75) is 31.7 Å². The molecule has 0 aromatic heterocycles. The number of halogens is 1. The lowest BCUT2D eigenvalue weighted by atomic mass is 10.0. The number of para-hydroxylation sites is 1. The second kappa shape index (κ2) is 3.27. The molecule has 0 atom stereocenters. The van der Waals surface area contributed by atoms with E-state index in [2.05, 4.69) is 39.0 Å². The van der Waals surface area contributed by atoms with E-state index in [-0.39, 0.29) is 0 Å². The van der Waals surface area contributed by atoms with Crippen molar-refractivity contribution in [1.29, 1.82) is 0 Å². The molecule has 0 unspecified atom stereocenters. The molecule has 14 heavy (non-hydrogen) atoms. The van der Waals surface area contributed by atoms with Crippen molar-refractivity contribution in [1.82, 2.24) is 0 Å². The third-order valence-electron chi connectivity index (χ3n) is 3.19. The highest BCUT2D eigenvalue weighted by molar-refractivity contribution is 9.10. The molecule has 1 aliphatic carbocycles. The summed E-state index contributed by atoms with van der Waals surface area (Å²) in [6.45, 7) is 1.25. The molecule has 1 aromatic carbocycles. The summed E-state index contributed by atoms with van der Waals surface area (Å²) >= 11 is 3.68. The molecular formula is C12H14BrN. The van der Waals surface area contributed by atoms with Crippen LogP contribution in [0.25, 0.3) is 0 Å². The zero-order valence-corrected chi connectivity index (χ0v) is 9.76. The van der Waals surface area contributed by atoms with Crippen LogP contribution in [0.2, 0.25) is 0 Å². The minimum Gasteiger partial charge on any atom is -0.367 e. The van der Waals surface area contributed by atoms with Gasteiger partial charge < -0.3 is 4.90 Å². The summed E-state index contributed by atoms with van der Waals surface area (Å²) < 4.78 is 1.28. The van der Waals surface area contributed by atoms with Gasteiger partial charge >= 0.3 is 0 Å². The Kier molecular flexibility index (Phi) is 2.05. The molecule has 2 aliphatic rings. The third-order valence-corrected chi connectivity index (χ3v) is 3.83. The van der Waals surface area contributed by atoms with E-state index in [1.165, 1.54) is 48.0 Å². The van der Waals surface area contributed by atoms with Crippen LogP contribution in [0.15, 0.2) is 22.7 Å². The molecule has 1 fully saturated rings. The van der Waals surface area contributed by atoms with E-state index in [9.17, 15) is 0 Å². The van der Waals surface area contributed by atoms with Crippen LogP contribution in [0, 0.1) is 0 Å². The highest BCUT2D eigenvalue weighted by Gasteiger charge is 2.32. The highest BCUT2D eigenvalue weighted by Crippen LogP contribution is 2.40. The van der Waals surface area contributed by atoms with Crippen LogP contribution in [-0.2, 0) is 6.42 Å². The Labute approximate surface area is 93.2 Å².